The van der Waals surface area contributed by atoms with Crippen LogP contribution < -0.4 is 0 Å². The minimum atomic E-state index is -5.24. The maximum Gasteiger partial charge on any atom is 0.408 e. The highest BCUT2D eigenvalue weighted by atomic mass is 19.4. The second kappa shape index (κ2) is 4.15. The average molecular weight is 285 g/mol. The maximum absolute atomic E-state index is 13.2. The van der Waals surface area contributed by atoms with Gasteiger partial charge in [-0.3, -0.25) is 0 Å². The molecule has 2 atom stereocenters. The van der Waals surface area contributed by atoms with E-state index in [1.165, 1.54) is 13.8 Å². The second-order valence-corrected chi connectivity index (χ2v) is 5.26. The molecule has 0 aromatic carbocycles. The standard InChI is InChI=1S/C12H13F6N/c1-7-4-9(3,11(13,14)15)10(6-19,5-8(7)2)12(16,17)18/h4-5H2,1-3H3. The molecule has 0 fully saturated rings. The molecule has 0 saturated carbocycles. The first-order valence-electron chi connectivity index (χ1n) is 5.52. The Morgan fingerprint density at radius 3 is 1.68 bits per heavy atom. The lowest BCUT2D eigenvalue weighted by molar-refractivity contribution is -0.321. The first-order chi connectivity index (χ1) is 8.32. The maximum atomic E-state index is 13.2. The molecule has 0 spiro atoms. The molecule has 0 bridgehead atoms. The summed E-state index contributed by atoms with van der Waals surface area (Å²) < 4.78 is 79.0. The molecule has 2 unspecified atom stereocenters. The van der Waals surface area contributed by atoms with Crippen molar-refractivity contribution in [2.75, 3.05) is 0 Å². The van der Waals surface area contributed by atoms with E-state index in [9.17, 15) is 26.3 Å². The van der Waals surface area contributed by atoms with Crippen molar-refractivity contribution in [2.24, 2.45) is 10.8 Å². The zero-order valence-corrected chi connectivity index (χ0v) is 10.6. The number of halogens is 6. The first-order valence-corrected chi connectivity index (χ1v) is 5.52. The Labute approximate surface area is 106 Å². The van der Waals surface area contributed by atoms with Crippen molar-refractivity contribution in [3.8, 4) is 6.07 Å². The fraction of sp³-hybridized carbons (Fsp3) is 0.750. The molecule has 0 saturated heterocycles. The molecule has 0 N–H and O–H groups in total. The van der Waals surface area contributed by atoms with Gasteiger partial charge in [-0.1, -0.05) is 11.1 Å². The summed E-state index contributed by atoms with van der Waals surface area (Å²) in [5.74, 6) is 0. The smallest absolute Gasteiger partial charge is 0.197 e. The van der Waals surface area contributed by atoms with Gasteiger partial charge in [0.1, 0.15) is 0 Å². The van der Waals surface area contributed by atoms with Crippen molar-refractivity contribution in [1.29, 1.82) is 5.26 Å². The first kappa shape index (κ1) is 15.9. The van der Waals surface area contributed by atoms with Gasteiger partial charge in [-0.05, 0) is 33.6 Å². The van der Waals surface area contributed by atoms with Crippen LogP contribution in [0.4, 0.5) is 26.3 Å². The number of nitriles is 1. The average Bonchev–Trinajstić information content (AvgIpc) is 2.20. The van der Waals surface area contributed by atoms with Crippen LogP contribution in [0.2, 0.25) is 0 Å². The summed E-state index contributed by atoms with van der Waals surface area (Å²) in [7, 11) is 0. The van der Waals surface area contributed by atoms with Crippen molar-refractivity contribution in [3.05, 3.63) is 11.1 Å². The monoisotopic (exact) mass is 285 g/mol. The topological polar surface area (TPSA) is 23.8 Å². The van der Waals surface area contributed by atoms with E-state index in [0.29, 0.717) is 6.92 Å². The van der Waals surface area contributed by atoms with Crippen LogP contribution in [-0.2, 0) is 0 Å². The summed E-state index contributed by atoms with van der Waals surface area (Å²) in [4.78, 5) is 0. The van der Waals surface area contributed by atoms with E-state index in [2.05, 4.69) is 0 Å². The third kappa shape index (κ3) is 2.01. The molecular weight excluding hydrogens is 272 g/mol. The van der Waals surface area contributed by atoms with Crippen LogP contribution in [0.15, 0.2) is 11.1 Å². The van der Waals surface area contributed by atoms with E-state index in [1.807, 2.05) is 0 Å². The highest BCUT2D eigenvalue weighted by molar-refractivity contribution is 5.30. The molecule has 0 amide bonds. The van der Waals surface area contributed by atoms with E-state index in [-0.39, 0.29) is 11.1 Å². The summed E-state index contributed by atoms with van der Waals surface area (Å²) in [6.45, 7) is 3.19. The summed E-state index contributed by atoms with van der Waals surface area (Å²) in [5.41, 5.74) is -6.10. The van der Waals surface area contributed by atoms with Gasteiger partial charge in [0, 0.05) is 0 Å². The second-order valence-electron chi connectivity index (χ2n) is 5.26. The summed E-state index contributed by atoms with van der Waals surface area (Å²) >= 11 is 0. The molecule has 108 valence electrons. The molecule has 0 aliphatic heterocycles. The van der Waals surface area contributed by atoms with Crippen LogP contribution >= 0.6 is 0 Å². The molecule has 1 nitrogen and oxygen atoms in total. The van der Waals surface area contributed by atoms with Crippen molar-refractivity contribution in [3.63, 3.8) is 0 Å². The normalized spacial score (nSPS) is 33.3. The molecule has 0 radical (unpaired) electrons. The van der Waals surface area contributed by atoms with Gasteiger partial charge in [0.25, 0.3) is 0 Å². The van der Waals surface area contributed by atoms with Gasteiger partial charge in [-0.15, -0.1) is 0 Å². The number of rotatable bonds is 0. The van der Waals surface area contributed by atoms with E-state index in [4.69, 9.17) is 5.26 Å². The number of allylic oxidation sites excluding steroid dienone is 2. The van der Waals surface area contributed by atoms with Crippen LogP contribution in [0, 0.1) is 22.2 Å². The van der Waals surface area contributed by atoms with Crippen molar-refractivity contribution < 1.29 is 26.3 Å². The lowest BCUT2D eigenvalue weighted by atomic mass is 9.55. The molecule has 1 aliphatic carbocycles. The zero-order chi connectivity index (χ0) is 15.3. The zero-order valence-electron chi connectivity index (χ0n) is 10.6. The molecular formula is C12H13F6N. The van der Waals surface area contributed by atoms with Gasteiger partial charge in [0.2, 0.25) is 0 Å². The van der Waals surface area contributed by atoms with Crippen molar-refractivity contribution in [1.82, 2.24) is 0 Å². The number of hydrogen-bond acceptors (Lipinski definition) is 1. The minimum Gasteiger partial charge on any atom is -0.197 e. The Hall–Kier alpha value is -1.19. The van der Waals surface area contributed by atoms with Gasteiger partial charge in [0.05, 0.1) is 11.5 Å². The fourth-order valence-electron chi connectivity index (χ4n) is 2.56. The molecule has 0 aromatic heterocycles. The minimum absolute atomic E-state index is 0.195. The Balaban J connectivity index is 3.63. The third-order valence-corrected chi connectivity index (χ3v) is 4.12. The predicted molar refractivity (Wildman–Crippen MR) is 55.9 cm³/mol. The van der Waals surface area contributed by atoms with E-state index < -0.39 is 36.0 Å². The summed E-state index contributed by atoms with van der Waals surface area (Å²) in [6.07, 6.45) is -12.1. The third-order valence-electron chi connectivity index (χ3n) is 4.12. The highest BCUT2D eigenvalue weighted by Crippen LogP contribution is 2.65. The Kier molecular flexibility index (Phi) is 3.47. The highest BCUT2D eigenvalue weighted by Gasteiger charge is 2.75. The van der Waals surface area contributed by atoms with Gasteiger partial charge < -0.3 is 0 Å². The van der Waals surface area contributed by atoms with Crippen molar-refractivity contribution >= 4 is 0 Å². The molecule has 0 aromatic rings. The van der Waals surface area contributed by atoms with Gasteiger partial charge >= 0.3 is 12.4 Å². The van der Waals surface area contributed by atoms with Gasteiger partial charge in [-0.25, -0.2) is 0 Å². The number of nitrogens with zero attached hydrogens (tertiary/aromatic N) is 1. The molecule has 7 heteroatoms. The van der Waals surface area contributed by atoms with E-state index >= 15 is 0 Å². The van der Waals surface area contributed by atoms with E-state index in [1.54, 1.807) is 0 Å². The quantitative estimate of drug-likeness (QED) is 0.465. The van der Waals surface area contributed by atoms with Gasteiger partial charge in [0.15, 0.2) is 5.41 Å². The number of hydrogen-bond donors (Lipinski definition) is 0. The van der Waals surface area contributed by atoms with Crippen LogP contribution in [-0.4, -0.2) is 12.4 Å². The lowest BCUT2D eigenvalue weighted by Crippen LogP contribution is -2.58. The largest absolute Gasteiger partial charge is 0.408 e. The number of alkyl halides is 6. The van der Waals surface area contributed by atoms with Crippen LogP contribution in [0.1, 0.15) is 33.6 Å². The van der Waals surface area contributed by atoms with Crippen LogP contribution in [0.25, 0.3) is 0 Å². The van der Waals surface area contributed by atoms with Gasteiger partial charge in [-0.2, -0.15) is 31.6 Å². The Morgan fingerprint density at radius 1 is 0.947 bits per heavy atom. The molecule has 1 aliphatic rings. The lowest BCUT2D eigenvalue weighted by Gasteiger charge is -2.49. The van der Waals surface area contributed by atoms with Crippen LogP contribution in [0.5, 0.6) is 0 Å². The molecule has 0 heterocycles. The molecule has 19 heavy (non-hydrogen) atoms. The summed E-state index contributed by atoms with van der Waals surface area (Å²) in [6, 6.07) is 0.926. The molecule has 1 rings (SSSR count). The summed E-state index contributed by atoms with van der Waals surface area (Å²) in [5, 5.41) is 8.89. The Morgan fingerprint density at radius 2 is 1.37 bits per heavy atom. The van der Waals surface area contributed by atoms with Crippen LogP contribution in [0.3, 0.4) is 0 Å². The predicted octanol–water partition coefficient (Wildman–Crippen LogP) is 4.76. The Bertz CT molecular complexity index is 452. The SMILES string of the molecule is CC1=C(C)CC(C#N)(C(F)(F)F)C(C)(C(F)(F)F)C1. The van der Waals surface area contributed by atoms with Crippen molar-refractivity contribution in [2.45, 2.75) is 46.0 Å². The fourth-order valence-corrected chi connectivity index (χ4v) is 2.56. The van der Waals surface area contributed by atoms with E-state index in [0.717, 1.165) is 6.07 Å².